The number of sulfonamides is 1. The first-order valence-corrected chi connectivity index (χ1v) is 9.48. The molecule has 8 heteroatoms. The third-order valence-electron chi connectivity index (χ3n) is 4.17. The number of rotatable bonds is 6. The van der Waals surface area contributed by atoms with Gasteiger partial charge in [-0.1, -0.05) is 6.07 Å². The topological polar surface area (TPSA) is 83.7 Å². The molecule has 1 amide bonds. The molecule has 1 saturated carbocycles. The summed E-state index contributed by atoms with van der Waals surface area (Å²) in [5.41, 5.74) is 1.08. The van der Waals surface area contributed by atoms with Gasteiger partial charge in [0.25, 0.3) is 15.9 Å². The molecule has 0 aromatic carbocycles. The van der Waals surface area contributed by atoms with Gasteiger partial charge in [-0.3, -0.25) is 9.78 Å². The molecule has 0 saturated heterocycles. The molecule has 25 heavy (non-hydrogen) atoms. The first-order valence-electron chi connectivity index (χ1n) is 8.04. The number of carbonyl (C=O) groups is 1. The van der Waals surface area contributed by atoms with Crippen molar-refractivity contribution in [1.29, 1.82) is 0 Å². The van der Waals surface area contributed by atoms with E-state index in [2.05, 4.69) is 4.98 Å². The van der Waals surface area contributed by atoms with Crippen LogP contribution in [0.5, 0.6) is 0 Å². The summed E-state index contributed by atoms with van der Waals surface area (Å²) in [7, 11) is -0.872. The lowest BCUT2D eigenvalue weighted by atomic mass is 10.2. The molecule has 0 bridgehead atoms. The van der Waals surface area contributed by atoms with Crippen LogP contribution in [0.1, 0.15) is 34.7 Å². The number of amides is 1. The summed E-state index contributed by atoms with van der Waals surface area (Å²) in [5.74, 6) is 0.0757. The van der Waals surface area contributed by atoms with Crippen molar-refractivity contribution in [3.05, 3.63) is 47.5 Å². The molecule has 1 aliphatic carbocycles. The monoisotopic (exact) mass is 363 g/mol. The minimum atomic E-state index is -3.72. The zero-order valence-corrected chi connectivity index (χ0v) is 15.3. The zero-order chi connectivity index (χ0) is 18.2. The van der Waals surface area contributed by atoms with Crippen LogP contribution in [0.3, 0.4) is 0 Å². The van der Waals surface area contributed by atoms with Crippen LogP contribution < -0.4 is 0 Å². The number of furan rings is 1. The molecule has 0 N–H and O–H groups in total. The molecule has 0 spiro atoms. The Morgan fingerprint density at radius 1 is 1.32 bits per heavy atom. The summed E-state index contributed by atoms with van der Waals surface area (Å²) in [5, 5.41) is -0.216. The normalized spacial score (nSPS) is 14.7. The molecule has 2 heterocycles. The summed E-state index contributed by atoms with van der Waals surface area (Å²) in [4.78, 5) is 19.0. The molecular weight excluding hydrogens is 342 g/mol. The van der Waals surface area contributed by atoms with Gasteiger partial charge in [0.1, 0.15) is 5.76 Å². The molecule has 2 aromatic rings. The fourth-order valence-electron chi connectivity index (χ4n) is 2.55. The number of aryl methyl sites for hydroxylation is 1. The Bertz CT molecular complexity index is 871. The first-order chi connectivity index (χ1) is 11.8. The van der Waals surface area contributed by atoms with Gasteiger partial charge >= 0.3 is 0 Å². The van der Waals surface area contributed by atoms with E-state index in [1.54, 1.807) is 18.0 Å². The maximum absolute atomic E-state index is 13.0. The summed E-state index contributed by atoms with van der Waals surface area (Å²) in [6.45, 7) is 2.00. The van der Waals surface area contributed by atoms with Crippen LogP contribution in [0, 0.1) is 6.92 Å². The van der Waals surface area contributed by atoms with Crippen molar-refractivity contribution in [1.82, 2.24) is 14.2 Å². The van der Waals surface area contributed by atoms with Crippen molar-refractivity contribution in [2.75, 3.05) is 14.1 Å². The van der Waals surface area contributed by atoms with Crippen molar-refractivity contribution in [2.24, 2.45) is 0 Å². The van der Waals surface area contributed by atoms with E-state index in [1.165, 1.54) is 20.2 Å². The van der Waals surface area contributed by atoms with Gasteiger partial charge < -0.3 is 9.32 Å². The van der Waals surface area contributed by atoms with Gasteiger partial charge in [0, 0.05) is 32.4 Å². The average Bonchev–Trinajstić information content (AvgIpc) is 3.34. The van der Waals surface area contributed by atoms with Crippen LogP contribution in [-0.2, 0) is 16.6 Å². The number of carbonyl (C=O) groups excluding carboxylic acids is 1. The number of hydrogen-bond donors (Lipinski definition) is 0. The Balaban J connectivity index is 1.89. The molecule has 2 aromatic heterocycles. The Labute approximate surface area is 147 Å². The molecule has 134 valence electrons. The van der Waals surface area contributed by atoms with Gasteiger partial charge in [-0.25, -0.2) is 12.7 Å². The van der Waals surface area contributed by atoms with Crippen molar-refractivity contribution in [3.8, 4) is 0 Å². The van der Waals surface area contributed by atoms with Crippen LogP contribution in [0.4, 0.5) is 0 Å². The Hall–Kier alpha value is -2.19. The van der Waals surface area contributed by atoms with E-state index in [9.17, 15) is 13.2 Å². The van der Waals surface area contributed by atoms with E-state index in [-0.39, 0.29) is 22.6 Å². The SMILES string of the molecule is Cc1oc(S(=O)(=O)N(C)C)cc1C(=O)N(Cc1ccccn1)C1CC1. The van der Waals surface area contributed by atoms with E-state index in [1.807, 2.05) is 18.2 Å². The predicted octanol–water partition coefficient (Wildman–Crippen LogP) is 2.04. The summed E-state index contributed by atoms with van der Waals surface area (Å²) in [6.07, 6.45) is 3.58. The van der Waals surface area contributed by atoms with E-state index in [0.29, 0.717) is 12.3 Å². The van der Waals surface area contributed by atoms with E-state index >= 15 is 0 Å². The molecular formula is C17H21N3O4S. The highest BCUT2D eigenvalue weighted by Gasteiger charge is 2.35. The smallest absolute Gasteiger partial charge is 0.275 e. The van der Waals surface area contributed by atoms with Crippen LogP contribution in [0.25, 0.3) is 0 Å². The largest absolute Gasteiger partial charge is 0.448 e. The molecule has 0 atom stereocenters. The second-order valence-electron chi connectivity index (χ2n) is 6.31. The number of nitrogens with zero attached hydrogens (tertiary/aromatic N) is 3. The lowest BCUT2D eigenvalue weighted by Gasteiger charge is -2.21. The van der Waals surface area contributed by atoms with Crippen molar-refractivity contribution in [2.45, 2.75) is 37.4 Å². The Morgan fingerprint density at radius 2 is 2.04 bits per heavy atom. The van der Waals surface area contributed by atoms with E-state index in [0.717, 1.165) is 22.8 Å². The second-order valence-corrected chi connectivity index (χ2v) is 8.39. The fourth-order valence-corrected chi connectivity index (χ4v) is 3.41. The second kappa shape index (κ2) is 6.61. The predicted molar refractivity (Wildman–Crippen MR) is 91.5 cm³/mol. The van der Waals surface area contributed by atoms with E-state index in [4.69, 9.17) is 4.42 Å². The Kier molecular flexibility index (Phi) is 4.66. The molecule has 1 fully saturated rings. The first kappa shape index (κ1) is 17.6. The molecule has 3 rings (SSSR count). The molecule has 0 radical (unpaired) electrons. The lowest BCUT2D eigenvalue weighted by molar-refractivity contribution is 0.0726. The highest BCUT2D eigenvalue weighted by Crippen LogP contribution is 2.31. The summed E-state index contributed by atoms with van der Waals surface area (Å²) >= 11 is 0. The fraction of sp³-hybridized carbons (Fsp3) is 0.412. The maximum Gasteiger partial charge on any atom is 0.275 e. The molecule has 1 aliphatic rings. The molecule has 0 unspecified atom stereocenters. The number of aromatic nitrogens is 1. The molecule has 7 nitrogen and oxygen atoms in total. The van der Waals surface area contributed by atoms with Crippen LogP contribution in [0.2, 0.25) is 0 Å². The third kappa shape index (κ3) is 3.59. The van der Waals surface area contributed by atoms with Gasteiger partial charge in [0.2, 0.25) is 5.09 Å². The minimum absolute atomic E-state index is 0.165. The van der Waals surface area contributed by atoms with Crippen LogP contribution >= 0.6 is 0 Å². The van der Waals surface area contributed by atoms with Gasteiger partial charge in [-0.05, 0) is 31.9 Å². The van der Waals surface area contributed by atoms with Crippen molar-refractivity contribution < 1.29 is 17.6 Å². The van der Waals surface area contributed by atoms with Gasteiger partial charge in [0.05, 0.1) is 17.8 Å². The summed E-state index contributed by atoms with van der Waals surface area (Å²) < 4.78 is 30.9. The standard InChI is InChI=1S/C17H21N3O4S/c1-12-15(10-16(24-12)25(22,23)19(2)3)17(21)20(14-7-8-14)11-13-6-4-5-9-18-13/h4-6,9-10,14H,7-8,11H2,1-3H3. The van der Waals surface area contributed by atoms with Crippen LogP contribution in [-0.4, -0.2) is 48.7 Å². The average molecular weight is 363 g/mol. The minimum Gasteiger partial charge on any atom is -0.448 e. The third-order valence-corrected chi connectivity index (χ3v) is 5.84. The lowest BCUT2D eigenvalue weighted by Crippen LogP contribution is -2.33. The highest BCUT2D eigenvalue weighted by molar-refractivity contribution is 7.88. The molecule has 0 aliphatic heterocycles. The highest BCUT2D eigenvalue weighted by atomic mass is 32.2. The van der Waals surface area contributed by atoms with Crippen LogP contribution in [0.15, 0.2) is 40.0 Å². The zero-order valence-electron chi connectivity index (χ0n) is 14.5. The van der Waals surface area contributed by atoms with Gasteiger partial charge in [-0.15, -0.1) is 0 Å². The van der Waals surface area contributed by atoms with Crippen molar-refractivity contribution in [3.63, 3.8) is 0 Å². The number of hydrogen-bond acceptors (Lipinski definition) is 5. The van der Waals surface area contributed by atoms with Gasteiger partial charge in [-0.2, -0.15) is 0 Å². The quantitative estimate of drug-likeness (QED) is 0.784. The van der Waals surface area contributed by atoms with Crippen molar-refractivity contribution >= 4 is 15.9 Å². The van der Waals surface area contributed by atoms with Gasteiger partial charge in [0.15, 0.2) is 0 Å². The Morgan fingerprint density at radius 3 is 2.60 bits per heavy atom. The van der Waals surface area contributed by atoms with E-state index < -0.39 is 10.0 Å². The number of pyridine rings is 1. The maximum atomic E-state index is 13.0. The summed E-state index contributed by atoms with van der Waals surface area (Å²) in [6, 6.07) is 7.06.